The van der Waals surface area contributed by atoms with Crippen molar-refractivity contribution in [2.45, 2.75) is 26.9 Å². The summed E-state index contributed by atoms with van der Waals surface area (Å²) in [6.45, 7) is 10.1. The number of nitrogens with zero attached hydrogens (tertiary/aromatic N) is 1. The van der Waals surface area contributed by atoms with Gasteiger partial charge in [-0.2, -0.15) is 0 Å². The van der Waals surface area contributed by atoms with Crippen molar-refractivity contribution in [3.63, 3.8) is 0 Å². The normalized spacial score (nSPS) is 13.1. The van der Waals surface area contributed by atoms with E-state index < -0.39 is 0 Å². The molecule has 0 N–H and O–H groups in total. The largest absolute Gasteiger partial charge is 0.494 e. The summed E-state index contributed by atoms with van der Waals surface area (Å²) in [7, 11) is 3.23. The zero-order valence-electron chi connectivity index (χ0n) is 12.7. The monoisotopic (exact) mass is 343 g/mol. The highest BCUT2D eigenvalue weighted by atomic mass is 79.9. The van der Waals surface area contributed by atoms with Crippen molar-refractivity contribution in [1.82, 2.24) is 4.98 Å². The number of hydrogen-bond donors (Lipinski definition) is 0. The standard InChI is InChI=1S/C15H22BrNO3/c1-7-15(3,4)14(20-9-18-5)12-13(19-6)10(2)11(16)8-17-12/h7-8,14H,1,9H2,2-6H3. The molecule has 112 valence electrons. The molecule has 4 nitrogen and oxygen atoms in total. The van der Waals surface area contributed by atoms with Gasteiger partial charge in [0.2, 0.25) is 0 Å². The van der Waals surface area contributed by atoms with Crippen LogP contribution >= 0.6 is 15.9 Å². The minimum Gasteiger partial charge on any atom is -0.494 e. The zero-order chi connectivity index (χ0) is 15.3. The molecule has 0 bridgehead atoms. The minimum absolute atomic E-state index is 0.182. The summed E-state index contributed by atoms with van der Waals surface area (Å²) in [5, 5.41) is 0. The van der Waals surface area contributed by atoms with E-state index in [0.29, 0.717) is 0 Å². The van der Waals surface area contributed by atoms with E-state index in [9.17, 15) is 0 Å². The Labute approximate surface area is 129 Å². The van der Waals surface area contributed by atoms with Crippen LogP contribution in [0.25, 0.3) is 0 Å². The van der Waals surface area contributed by atoms with Crippen LogP contribution in [0.5, 0.6) is 5.75 Å². The molecular weight excluding hydrogens is 322 g/mol. The molecule has 0 saturated heterocycles. The predicted molar refractivity (Wildman–Crippen MR) is 82.9 cm³/mol. The third-order valence-electron chi connectivity index (χ3n) is 3.26. The molecule has 0 radical (unpaired) electrons. The van der Waals surface area contributed by atoms with Crippen molar-refractivity contribution in [3.05, 3.63) is 34.6 Å². The first-order chi connectivity index (χ1) is 9.38. The fourth-order valence-corrected chi connectivity index (χ4v) is 2.20. The Bertz CT molecular complexity index is 474. The third kappa shape index (κ3) is 3.59. The maximum Gasteiger partial charge on any atom is 0.147 e. The van der Waals surface area contributed by atoms with Gasteiger partial charge < -0.3 is 14.2 Å². The Morgan fingerprint density at radius 3 is 2.60 bits per heavy atom. The molecule has 1 heterocycles. The smallest absolute Gasteiger partial charge is 0.147 e. The lowest BCUT2D eigenvalue weighted by atomic mass is 9.84. The van der Waals surface area contributed by atoms with E-state index in [0.717, 1.165) is 21.5 Å². The lowest BCUT2D eigenvalue weighted by Gasteiger charge is -2.32. The lowest BCUT2D eigenvalue weighted by molar-refractivity contribution is -0.105. The third-order valence-corrected chi connectivity index (χ3v) is 4.05. The van der Waals surface area contributed by atoms with Crippen LogP contribution < -0.4 is 4.74 Å². The first kappa shape index (κ1) is 17.1. The average molecular weight is 344 g/mol. The van der Waals surface area contributed by atoms with Crippen molar-refractivity contribution < 1.29 is 14.2 Å². The summed E-state index contributed by atoms with van der Waals surface area (Å²) in [5.74, 6) is 0.718. The van der Waals surface area contributed by atoms with Gasteiger partial charge in [-0.15, -0.1) is 6.58 Å². The van der Waals surface area contributed by atoms with E-state index in [1.807, 2.05) is 26.8 Å². The van der Waals surface area contributed by atoms with Crippen LogP contribution in [0.1, 0.15) is 31.2 Å². The molecule has 1 rings (SSSR count). The highest BCUT2D eigenvalue weighted by Gasteiger charge is 2.33. The Kier molecular flexibility index (Phi) is 6.17. The van der Waals surface area contributed by atoms with E-state index in [2.05, 4.69) is 27.5 Å². The Balaban J connectivity index is 3.33. The Morgan fingerprint density at radius 2 is 2.10 bits per heavy atom. The number of rotatable bonds is 7. The van der Waals surface area contributed by atoms with Gasteiger partial charge in [0.25, 0.3) is 0 Å². The van der Waals surface area contributed by atoms with E-state index >= 15 is 0 Å². The molecule has 0 amide bonds. The molecule has 1 aromatic rings. The van der Waals surface area contributed by atoms with Crippen molar-refractivity contribution in [1.29, 1.82) is 0 Å². The number of hydrogen-bond acceptors (Lipinski definition) is 4. The van der Waals surface area contributed by atoms with Gasteiger partial charge in [0.05, 0.1) is 7.11 Å². The molecule has 0 spiro atoms. The van der Waals surface area contributed by atoms with Gasteiger partial charge in [-0.05, 0) is 22.9 Å². The first-order valence-electron chi connectivity index (χ1n) is 6.32. The van der Waals surface area contributed by atoms with Crippen LogP contribution in [-0.2, 0) is 9.47 Å². The number of aromatic nitrogens is 1. The van der Waals surface area contributed by atoms with Crippen molar-refractivity contribution in [3.8, 4) is 5.75 Å². The molecule has 0 aliphatic heterocycles. The molecule has 0 aliphatic rings. The second kappa shape index (κ2) is 7.20. The van der Waals surface area contributed by atoms with Gasteiger partial charge in [-0.3, -0.25) is 4.98 Å². The minimum atomic E-state index is -0.306. The first-order valence-corrected chi connectivity index (χ1v) is 7.11. The molecule has 0 saturated carbocycles. The molecule has 0 fully saturated rings. The molecule has 0 aromatic carbocycles. The second-order valence-electron chi connectivity index (χ2n) is 5.13. The molecule has 0 aliphatic carbocycles. The molecule has 1 atom stereocenters. The van der Waals surface area contributed by atoms with Crippen LogP contribution in [0, 0.1) is 12.3 Å². The van der Waals surface area contributed by atoms with Gasteiger partial charge >= 0.3 is 0 Å². The van der Waals surface area contributed by atoms with Gasteiger partial charge in [0.1, 0.15) is 24.3 Å². The fraction of sp³-hybridized carbons (Fsp3) is 0.533. The van der Waals surface area contributed by atoms with E-state index in [-0.39, 0.29) is 18.3 Å². The van der Waals surface area contributed by atoms with Gasteiger partial charge in [-0.25, -0.2) is 0 Å². The topological polar surface area (TPSA) is 40.6 Å². The average Bonchev–Trinajstić information content (AvgIpc) is 2.43. The summed E-state index contributed by atoms with van der Waals surface area (Å²) in [4.78, 5) is 4.48. The van der Waals surface area contributed by atoms with Crippen molar-refractivity contribution in [2.24, 2.45) is 5.41 Å². The second-order valence-corrected chi connectivity index (χ2v) is 5.98. The summed E-state index contributed by atoms with van der Waals surface area (Å²) < 4.78 is 17.3. The number of halogens is 1. The summed E-state index contributed by atoms with van der Waals surface area (Å²) >= 11 is 3.46. The summed E-state index contributed by atoms with van der Waals surface area (Å²) in [6.07, 6.45) is 3.31. The van der Waals surface area contributed by atoms with Crippen LogP contribution in [0.2, 0.25) is 0 Å². The van der Waals surface area contributed by atoms with Gasteiger partial charge in [0.15, 0.2) is 0 Å². The number of ether oxygens (including phenoxy) is 3. The predicted octanol–water partition coefficient (Wildman–Crippen LogP) is 4.03. The summed E-state index contributed by atoms with van der Waals surface area (Å²) in [5.41, 5.74) is 1.43. The Hall–Kier alpha value is -0.910. The Morgan fingerprint density at radius 1 is 1.45 bits per heavy atom. The maximum absolute atomic E-state index is 5.82. The maximum atomic E-state index is 5.82. The molecule has 20 heavy (non-hydrogen) atoms. The quantitative estimate of drug-likeness (QED) is 0.553. The fourth-order valence-electron chi connectivity index (χ4n) is 1.92. The van der Waals surface area contributed by atoms with Crippen LogP contribution in [-0.4, -0.2) is 26.0 Å². The zero-order valence-corrected chi connectivity index (χ0v) is 14.3. The van der Waals surface area contributed by atoms with E-state index in [1.54, 1.807) is 20.4 Å². The van der Waals surface area contributed by atoms with Crippen molar-refractivity contribution in [2.75, 3.05) is 21.0 Å². The molecular formula is C15H22BrNO3. The number of methoxy groups -OCH3 is 2. The van der Waals surface area contributed by atoms with Gasteiger partial charge in [-0.1, -0.05) is 19.9 Å². The highest BCUT2D eigenvalue weighted by molar-refractivity contribution is 9.10. The SMILES string of the molecule is C=CC(C)(C)C(OCOC)c1ncc(Br)c(C)c1OC. The lowest BCUT2D eigenvalue weighted by Crippen LogP contribution is -2.25. The summed E-state index contributed by atoms with van der Waals surface area (Å²) in [6, 6.07) is 0. The van der Waals surface area contributed by atoms with E-state index in [4.69, 9.17) is 14.2 Å². The van der Waals surface area contributed by atoms with Crippen molar-refractivity contribution >= 4 is 15.9 Å². The van der Waals surface area contributed by atoms with Crippen LogP contribution in [0.3, 0.4) is 0 Å². The number of pyridine rings is 1. The highest BCUT2D eigenvalue weighted by Crippen LogP contribution is 2.42. The molecule has 5 heteroatoms. The van der Waals surface area contributed by atoms with Gasteiger partial charge in [0, 0.05) is 28.8 Å². The van der Waals surface area contributed by atoms with Crippen LogP contribution in [0.15, 0.2) is 23.3 Å². The molecule has 1 unspecified atom stereocenters. The molecule has 1 aromatic heterocycles. The van der Waals surface area contributed by atoms with Crippen LogP contribution in [0.4, 0.5) is 0 Å². The van der Waals surface area contributed by atoms with E-state index in [1.165, 1.54) is 0 Å².